The molecule has 138 valence electrons. The standard InChI is InChI=1S/C21H31NO2S/c1-21(2,3)25(23,24)15-18-8-5-16(6-9-18)4-7-17-10-11-20-19(14-17)12-13-22-20/h10-14,16,18,22H,4-9,15H2,1-3H3. The maximum absolute atomic E-state index is 12.4. The molecule has 1 N–H and O–H groups in total. The lowest BCUT2D eigenvalue weighted by atomic mass is 9.80. The smallest absolute Gasteiger partial charge is 0.155 e. The van der Waals surface area contributed by atoms with E-state index in [-0.39, 0.29) is 0 Å². The maximum atomic E-state index is 12.4. The summed E-state index contributed by atoms with van der Waals surface area (Å²) in [6, 6.07) is 8.80. The van der Waals surface area contributed by atoms with Crippen molar-refractivity contribution in [3.8, 4) is 0 Å². The Morgan fingerprint density at radius 2 is 1.72 bits per heavy atom. The first kappa shape index (κ1) is 18.5. The molecule has 0 bridgehead atoms. The lowest BCUT2D eigenvalue weighted by molar-refractivity contribution is 0.278. The molecular weight excluding hydrogens is 330 g/mol. The van der Waals surface area contributed by atoms with Gasteiger partial charge in [0.2, 0.25) is 0 Å². The van der Waals surface area contributed by atoms with Gasteiger partial charge >= 0.3 is 0 Å². The van der Waals surface area contributed by atoms with E-state index in [4.69, 9.17) is 0 Å². The number of hydrogen-bond acceptors (Lipinski definition) is 2. The molecule has 1 aliphatic rings. The van der Waals surface area contributed by atoms with Crippen LogP contribution in [0.25, 0.3) is 10.9 Å². The Hall–Kier alpha value is -1.29. The van der Waals surface area contributed by atoms with E-state index in [2.05, 4.69) is 29.2 Å². The number of nitrogens with one attached hydrogen (secondary N) is 1. The Kier molecular flexibility index (Phi) is 5.29. The normalized spacial score (nSPS) is 22.4. The van der Waals surface area contributed by atoms with Gasteiger partial charge in [-0.3, -0.25) is 0 Å². The van der Waals surface area contributed by atoms with Crippen LogP contribution in [0, 0.1) is 11.8 Å². The summed E-state index contributed by atoms with van der Waals surface area (Å²) in [6.45, 7) is 5.44. The van der Waals surface area contributed by atoms with Gasteiger partial charge in [-0.1, -0.05) is 18.9 Å². The van der Waals surface area contributed by atoms with Crippen LogP contribution in [0.3, 0.4) is 0 Å². The number of rotatable bonds is 5. The average Bonchev–Trinajstić information content (AvgIpc) is 3.00. The highest BCUT2D eigenvalue weighted by Gasteiger charge is 2.33. The fourth-order valence-electron chi connectivity index (χ4n) is 3.88. The second-order valence-electron chi connectivity index (χ2n) is 8.72. The Labute approximate surface area is 152 Å². The van der Waals surface area contributed by atoms with Gasteiger partial charge in [0.05, 0.1) is 10.5 Å². The molecule has 1 fully saturated rings. The lowest BCUT2D eigenvalue weighted by Gasteiger charge is -2.30. The number of benzene rings is 1. The third kappa shape index (κ3) is 4.46. The second-order valence-corrected chi connectivity index (χ2v) is 11.5. The molecule has 1 aromatic carbocycles. The number of fused-ring (bicyclic) bond motifs is 1. The van der Waals surface area contributed by atoms with Crippen LogP contribution in [-0.2, 0) is 16.3 Å². The van der Waals surface area contributed by atoms with Crippen LogP contribution in [0.2, 0.25) is 0 Å². The van der Waals surface area contributed by atoms with Crippen molar-refractivity contribution < 1.29 is 8.42 Å². The van der Waals surface area contributed by atoms with Gasteiger partial charge in [-0.2, -0.15) is 0 Å². The third-order valence-electron chi connectivity index (χ3n) is 5.81. The van der Waals surface area contributed by atoms with Gasteiger partial charge < -0.3 is 4.98 Å². The molecule has 0 radical (unpaired) electrons. The van der Waals surface area contributed by atoms with E-state index in [0.29, 0.717) is 11.7 Å². The van der Waals surface area contributed by atoms with Gasteiger partial charge in [-0.05, 0) is 87.4 Å². The molecule has 2 aromatic rings. The Balaban J connectivity index is 1.48. The summed E-state index contributed by atoms with van der Waals surface area (Å²) < 4.78 is 24.2. The Morgan fingerprint density at radius 3 is 2.40 bits per heavy atom. The van der Waals surface area contributed by atoms with Crippen LogP contribution in [0.1, 0.15) is 58.4 Å². The first-order valence-electron chi connectivity index (χ1n) is 9.53. The predicted octanol–water partition coefficient (Wildman–Crippen LogP) is 5.12. The molecule has 3 nitrogen and oxygen atoms in total. The molecule has 1 aliphatic carbocycles. The molecule has 0 aliphatic heterocycles. The summed E-state index contributed by atoms with van der Waals surface area (Å²) in [6.07, 6.45) is 8.81. The van der Waals surface area contributed by atoms with Crippen LogP contribution in [-0.4, -0.2) is 23.9 Å². The molecule has 3 rings (SSSR count). The summed E-state index contributed by atoms with van der Waals surface area (Å²) in [5.41, 5.74) is 2.61. The van der Waals surface area contributed by atoms with Crippen molar-refractivity contribution in [3.63, 3.8) is 0 Å². The van der Waals surface area contributed by atoms with Crippen molar-refractivity contribution >= 4 is 20.7 Å². The van der Waals surface area contributed by atoms with Crippen molar-refractivity contribution in [1.82, 2.24) is 4.98 Å². The highest BCUT2D eigenvalue weighted by molar-refractivity contribution is 7.92. The number of hydrogen-bond donors (Lipinski definition) is 1. The third-order valence-corrected chi connectivity index (χ3v) is 8.59. The average molecular weight is 362 g/mol. The minimum absolute atomic E-state index is 0.358. The number of aromatic amines is 1. The molecule has 0 saturated heterocycles. The zero-order valence-electron chi connectivity index (χ0n) is 15.7. The fourth-order valence-corrected chi connectivity index (χ4v) is 5.33. The van der Waals surface area contributed by atoms with Crippen LogP contribution < -0.4 is 0 Å². The molecule has 4 heteroatoms. The van der Waals surface area contributed by atoms with Crippen LogP contribution in [0.15, 0.2) is 30.5 Å². The van der Waals surface area contributed by atoms with E-state index in [1.165, 1.54) is 35.7 Å². The molecule has 0 unspecified atom stereocenters. The zero-order valence-corrected chi connectivity index (χ0v) is 16.5. The first-order chi connectivity index (χ1) is 11.7. The molecule has 0 spiro atoms. The molecular formula is C21H31NO2S. The van der Waals surface area contributed by atoms with Gasteiger partial charge in [-0.25, -0.2) is 8.42 Å². The lowest BCUT2D eigenvalue weighted by Crippen LogP contribution is -2.34. The summed E-state index contributed by atoms with van der Waals surface area (Å²) in [5, 5.41) is 1.29. The number of aryl methyl sites for hydroxylation is 1. The van der Waals surface area contributed by atoms with Crippen molar-refractivity contribution in [1.29, 1.82) is 0 Å². The molecule has 1 heterocycles. The van der Waals surface area contributed by atoms with E-state index in [1.807, 2.05) is 27.0 Å². The molecule has 0 amide bonds. The number of sulfone groups is 1. The van der Waals surface area contributed by atoms with Gasteiger partial charge in [0.25, 0.3) is 0 Å². The molecule has 25 heavy (non-hydrogen) atoms. The van der Waals surface area contributed by atoms with Crippen LogP contribution >= 0.6 is 0 Å². The van der Waals surface area contributed by atoms with Crippen molar-refractivity contribution in [2.45, 2.75) is 64.0 Å². The zero-order chi connectivity index (χ0) is 18.1. The van der Waals surface area contributed by atoms with Crippen LogP contribution in [0.5, 0.6) is 0 Å². The van der Waals surface area contributed by atoms with Crippen molar-refractivity contribution in [2.24, 2.45) is 11.8 Å². The molecule has 1 saturated carbocycles. The summed E-state index contributed by atoms with van der Waals surface area (Å²) in [5.74, 6) is 1.47. The second kappa shape index (κ2) is 7.14. The van der Waals surface area contributed by atoms with Gasteiger partial charge in [0.1, 0.15) is 0 Å². The summed E-state index contributed by atoms with van der Waals surface area (Å²) in [7, 11) is -2.99. The van der Waals surface area contributed by atoms with E-state index < -0.39 is 14.6 Å². The minimum atomic E-state index is -2.99. The van der Waals surface area contributed by atoms with Crippen LogP contribution in [0.4, 0.5) is 0 Å². The summed E-state index contributed by atoms with van der Waals surface area (Å²) in [4.78, 5) is 3.24. The number of aromatic nitrogens is 1. The largest absolute Gasteiger partial charge is 0.361 e. The quantitative estimate of drug-likeness (QED) is 0.803. The predicted molar refractivity (Wildman–Crippen MR) is 106 cm³/mol. The Bertz CT molecular complexity index is 806. The van der Waals surface area contributed by atoms with Gasteiger partial charge in [-0.15, -0.1) is 0 Å². The van der Waals surface area contributed by atoms with E-state index in [9.17, 15) is 8.42 Å². The highest BCUT2D eigenvalue weighted by Crippen LogP contribution is 2.34. The Morgan fingerprint density at radius 1 is 1.04 bits per heavy atom. The van der Waals surface area contributed by atoms with Crippen molar-refractivity contribution in [2.75, 3.05) is 5.75 Å². The highest BCUT2D eigenvalue weighted by atomic mass is 32.2. The topological polar surface area (TPSA) is 49.9 Å². The summed E-state index contributed by atoms with van der Waals surface area (Å²) >= 11 is 0. The van der Waals surface area contributed by atoms with E-state index in [1.54, 1.807) is 0 Å². The van der Waals surface area contributed by atoms with Gasteiger partial charge in [0, 0.05) is 11.7 Å². The maximum Gasteiger partial charge on any atom is 0.155 e. The van der Waals surface area contributed by atoms with Crippen molar-refractivity contribution in [3.05, 3.63) is 36.0 Å². The fraction of sp³-hybridized carbons (Fsp3) is 0.619. The minimum Gasteiger partial charge on any atom is -0.361 e. The van der Waals surface area contributed by atoms with Gasteiger partial charge in [0.15, 0.2) is 9.84 Å². The first-order valence-corrected chi connectivity index (χ1v) is 11.2. The monoisotopic (exact) mass is 361 g/mol. The number of H-pyrrole nitrogens is 1. The SMILES string of the molecule is CC(C)(C)S(=O)(=O)CC1CCC(CCc2ccc3[nH]ccc3c2)CC1. The van der Waals surface area contributed by atoms with E-state index >= 15 is 0 Å². The van der Waals surface area contributed by atoms with E-state index in [0.717, 1.165) is 25.2 Å². The molecule has 1 aromatic heterocycles. The molecule has 0 atom stereocenters.